The van der Waals surface area contributed by atoms with Crippen molar-refractivity contribution in [2.75, 3.05) is 0 Å². The number of rotatable bonds is 3. The number of hydrogen-bond donors (Lipinski definition) is 1. The van der Waals surface area contributed by atoms with Crippen molar-refractivity contribution in [3.8, 4) is 0 Å². The fraction of sp³-hybridized carbons (Fsp3) is 0.714. The molecule has 0 heterocycles. The highest BCUT2D eigenvalue weighted by Gasteiger charge is 1.94. The summed E-state index contributed by atoms with van der Waals surface area (Å²) in [6, 6.07) is 0.998. The molecule has 0 saturated heterocycles. The van der Waals surface area contributed by atoms with Crippen LogP contribution in [0.2, 0.25) is 0 Å². The zero-order chi connectivity index (χ0) is 6.57. The molecule has 0 amide bonds. The zero-order valence-corrected chi connectivity index (χ0v) is 5.94. The van der Waals surface area contributed by atoms with Crippen LogP contribution in [0, 0.1) is 0 Å². The molecule has 8 heavy (non-hydrogen) atoms. The summed E-state index contributed by atoms with van der Waals surface area (Å²) in [7, 11) is 0. The molecule has 0 aliphatic carbocycles. The van der Waals surface area contributed by atoms with Gasteiger partial charge in [-0.2, -0.15) is 0 Å². The molecule has 1 atom stereocenters. The second-order valence-electron chi connectivity index (χ2n) is 2.35. The summed E-state index contributed by atoms with van der Waals surface area (Å²) in [6.07, 6.45) is 1.90. The van der Waals surface area contributed by atoms with Crippen LogP contribution in [-0.4, -0.2) is 12.1 Å². The normalized spacial score (nSPS) is 14.0. The molecule has 48 valence electrons. The maximum Gasteiger partial charge on any atom is 0.0221 e. The maximum absolute atomic E-state index is 3.65. The molecule has 1 N–H and O–H groups in total. The van der Waals surface area contributed by atoms with E-state index in [1.54, 1.807) is 0 Å². The Morgan fingerprint density at radius 2 is 1.88 bits per heavy atom. The second kappa shape index (κ2) is 3.67. The highest BCUT2D eigenvalue weighted by atomic mass is 14.9. The topological polar surface area (TPSA) is 12.0 Å². The van der Waals surface area contributed by atoms with E-state index in [2.05, 4.69) is 32.7 Å². The van der Waals surface area contributed by atoms with E-state index in [4.69, 9.17) is 0 Å². The minimum atomic E-state index is 0.440. The van der Waals surface area contributed by atoms with Crippen molar-refractivity contribution in [1.82, 2.24) is 5.32 Å². The van der Waals surface area contributed by atoms with Gasteiger partial charge in [0.2, 0.25) is 0 Å². The average molecular weight is 113 g/mol. The van der Waals surface area contributed by atoms with Gasteiger partial charge in [0.15, 0.2) is 0 Å². The molecular formula is C7H15N. The van der Waals surface area contributed by atoms with Crippen molar-refractivity contribution in [2.45, 2.75) is 32.9 Å². The van der Waals surface area contributed by atoms with E-state index in [-0.39, 0.29) is 0 Å². The van der Waals surface area contributed by atoms with Crippen molar-refractivity contribution in [3.63, 3.8) is 0 Å². The predicted octanol–water partition coefficient (Wildman–Crippen LogP) is 1.56. The molecule has 1 nitrogen and oxygen atoms in total. The summed E-state index contributed by atoms with van der Waals surface area (Å²) in [5.74, 6) is 0. The lowest BCUT2D eigenvalue weighted by Gasteiger charge is -2.11. The first-order valence-corrected chi connectivity index (χ1v) is 3.05. The summed E-state index contributed by atoms with van der Waals surface area (Å²) in [5.41, 5.74) is 0. The molecule has 0 rings (SSSR count). The maximum atomic E-state index is 3.65. The third-order valence-corrected chi connectivity index (χ3v) is 0.950. The van der Waals surface area contributed by atoms with Crippen LogP contribution < -0.4 is 5.32 Å². The fourth-order valence-corrected chi connectivity index (χ4v) is 0.594. The molecule has 0 spiro atoms. The minimum Gasteiger partial charge on any atom is -0.309 e. The predicted molar refractivity (Wildman–Crippen MR) is 37.9 cm³/mol. The van der Waals surface area contributed by atoms with Crippen LogP contribution in [-0.2, 0) is 0 Å². The molecule has 0 aromatic rings. The van der Waals surface area contributed by atoms with Crippen LogP contribution in [0.5, 0.6) is 0 Å². The van der Waals surface area contributed by atoms with Gasteiger partial charge in [0.25, 0.3) is 0 Å². The third kappa shape index (κ3) is 3.88. The second-order valence-corrected chi connectivity index (χ2v) is 2.35. The highest BCUT2D eigenvalue weighted by Crippen LogP contribution is 1.84. The fourth-order valence-electron chi connectivity index (χ4n) is 0.594. The lowest BCUT2D eigenvalue weighted by Crippen LogP contribution is -2.30. The standard InChI is InChI=1S/C7H15N/c1-5-7(4)8-6(2)3/h5-8H,1H2,2-4H3. The Morgan fingerprint density at radius 1 is 1.38 bits per heavy atom. The summed E-state index contributed by atoms with van der Waals surface area (Å²) >= 11 is 0. The van der Waals surface area contributed by atoms with Crippen molar-refractivity contribution >= 4 is 0 Å². The summed E-state index contributed by atoms with van der Waals surface area (Å²) in [6.45, 7) is 9.99. The van der Waals surface area contributed by atoms with Crippen LogP contribution in [0.3, 0.4) is 0 Å². The monoisotopic (exact) mass is 113 g/mol. The van der Waals surface area contributed by atoms with Crippen LogP contribution in [0.4, 0.5) is 0 Å². The van der Waals surface area contributed by atoms with Crippen LogP contribution >= 0.6 is 0 Å². The van der Waals surface area contributed by atoms with E-state index >= 15 is 0 Å². The Labute approximate surface area is 51.8 Å². The first kappa shape index (κ1) is 7.70. The summed E-state index contributed by atoms with van der Waals surface area (Å²) < 4.78 is 0. The van der Waals surface area contributed by atoms with E-state index in [0.717, 1.165) is 0 Å². The van der Waals surface area contributed by atoms with Crippen molar-refractivity contribution < 1.29 is 0 Å². The van der Waals surface area contributed by atoms with Crippen molar-refractivity contribution in [2.24, 2.45) is 0 Å². The Kier molecular flexibility index (Phi) is 3.53. The Balaban J connectivity index is 3.23. The van der Waals surface area contributed by atoms with Gasteiger partial charge in [-0.15, -0.1) is 6.58 Å². The molecule has 0 fully saturated rings. The molecule has 0 aromatic carbocycles. The quantitative estimate of drug-likeness (QED) is 0.548. The molecule has 1 unspecified atom stereocenters. The summed E-state index contributed by atoms with van der Waals surface area (Å²) in [5, 5.41) is 3.27. The van der Waals surface area contributed by atoms with Gasteiger partial charge >= 0.3 is 0 Å². The van der Waals surface area contributed by atoms with Gasteiger partial charge in [-0.25, -0.2) is 0 Å². The molecule has 0 aliphatic rings. The van der Waals surface area contributed by atoms with Gasteiger partial charge in [0, 0.05) is 12.1 Å². The van der Waals surface area contributed by atoms with Crippen LogP contribution in [0.1, 0.15) is 20.8 Å². The Bertz CT molecular complexity index is 66.8. The number of nitrogens with one attached hydrogen (secondary N) is 1. The van der Waals surface area contributed by atoms with Gasteiger partial charge in [-0.1, -0.05) is 19.9 Å². The van der Waals surface area contributed by atoms with E-state index in [0.29, 0.717) is 12.1 Å². The average Bonchev–Trinajstić information content (AvgIpc) is 1.65. The van der Waals surface area contributed by atoms with Gasteiger partial charge in [-0.3, -0.25) is 0 Å². The van der Waals surface area contributed by atoms with Gasteiger partial charge < -0.3 is 5.32 Å². The first-order chi connectivity index (χ1) is 3.66. The molecule has 0 radical (unpaired) electrons. The molecule has 1 heteroatoms. The third-order valence-electron chi connectivity index (χ3n) is 0.950. The van der Waals surface area contributed by atoms with Crippen molar-refractivity contribution in [1.29, 1.82) is 0 Å². The molecular weight excluding hydrogens is 98.1 g/mol. The highest BCUT2D eigenvalue weighted by molar-refractivity contribution is 4.81. The van der Waals surface area contributed by atoms with Crippen molar-refractivity contribution in [3.05, 3.63) is 12.7 Å². The van der Waals surface area contributed by atoms with E-state index < -0.39 is 0 Å². The SMILES string of the molecule is C=CC(C)NC(C)C. The number of hydrogen-bond acceptors (Lipinski definition) is 1. The molecule has 0 saturated carbocycles. The van der Waals surface area contributed by atoms with E-state index in [1.165, 1.54) is 0 Å². The van der Waals surface area contributed by atoms with Gasteiger partial charge in [-0.05, 0) is 6.92 Å². The largest absolute Gasteiger partial charge is 0.309 e. The molecule has 0 bridgehead atoms. The lowest BCUT2D eigenvalue weighted by molar-refractivity contribution is 0.550. The van der Waals surface area contributed by atoms with Gasteiger partial charge in [0.05, 0.1) is 0 Å². The minimum absolute atomic E-state index is 0.440. The Morgan fingerprint density at radius 3 is 2.00 bits per heavy atom. The summed E-state index contributed by atoms with van der Waals surface area (Å²) in [4.78, 5) is 0. The van der Waals surface area contributed by atoms with E-state index in [1.807, 2.05) is 6.08 Å². The van der Waals surface area contributed by atoms with Crippen LogP contribution in [0.15, 0.2) is 12.7 Å². The first-order valence-electron chi connectivity index (χ1n) is 3.05. The molecule has 0 aliphatic heterocycles. The van der Waals surface area contributed by atoms with Crippen LogP contribution in [0.25, 0.3) is 0 Å². The smallest absolute Gasteiger partial charge is 0.0221 e. The van der Waals surface area contributed by atoms with Gasteiger partial charge in [0.1, 0.15) is 0 Å². The van der Waals surface area contributed by atoms with E-state index in [9.17, 15) is 0 Å². The lowest BCUT2D eigenvalue weighted by atomic mass is 10.3. The Hall–Kier alpha value is -0.300. The molecule has 0 aromatic heterocycles. The zero-order valence-electron chi connectivity index (χ0n) is 5.94.